The zero-order valence-electron chi connectivity index (χ0n) is 11.7. The van der Waals surface area contributed by atoms with Gasteiger partial charge in [-0.25, -0.2) is 9.97 Å². The van der Waals surface area contributed by atoms with Gasteiger partial charge in [0, 0.05) is 36.7 Å². The van der Waals surface area contributed by atoms with Gasteiger partial charge in [0.1, 0.15) is 18.0 Å². The average Bonchev–Trinajstić information content (AvgIpc) is 2.51. The van der Waals surface area contributed by atoms with Crippen LogP contribution in [0.3, 0.4) is 0 Å². The number of aromatic nitrogens is 2. The molecule has 0 amide bonds. The molecule has 1 aromatic rings. The Bertz CT molecular complexity index is 431. The molecule has 2 N–H and O–H groups in total. The molecule has 0 bridgehead atoms. The Kier molecular flexibility index (Phi) is 4.62. The van der Waals surface area contributed by atoms with Crippen LogP contribution >= 0.6 is 11.8 Å². The fraction of sp³-hybridized carbons (Fsp3) is 0.714. The summed E-state index contributed by atoms with van der Waals surface area (Å²) in [6, 6.07) is 2.49. The molecule has 110 valence electrons. The Morgan fingerprint density at radius 1 is 1.15 bits per heavy atom. The molecule has 20 heavy (non-hydrogen) atoms. The normalized spacial score (nSPS) is 27.4. The smallest absolute Gasteiger partial charge is 0.134 e. The van der Waals surface area contributed by atoms with Crippen LogP contribution in [0.1, 0.15) is 25.7 Å². The summed E-state index contributed by atoms with van der Waals surface area (Å²) in [4.78, 5) is 11.1. The highest BCUT2D eigenvalue weighted by Gasteiger charge is 2.20. The van der Waals surface area contributed by atoms with E-state index in [0.29, 0.717) is 6.04 Å². The summed E-state index contributed by atoms with van der Waals surface area (Å²) in [5.74, 6) is 4.29. The standard InChI is InChI=1S/C14H22N4OS/c19-12-3-1-11(2-4-12)17-13-9-14(16-10-15-13)18-5-7-20-8-6-18/h9-12,19H,1-8H2,(H,15,16,17). The molecule has 0 atom stereocenters. The van der Waals surface area contributed by atoms with Crippen molar-refractivity contribution in [2.24, 2.45) is 0 Å². The Labute approximate surface area is 124 Å². The van der Waals surface area contributed by atoms with Crippen LogP contribution in [0, 0.1) is 0 Å². The van der Waals surface area contributed by atoms with Gasteiger partial charge in [-0.15, -0.1) is 0 Å². The highest BCUT2D eigenvalue weighted by molar-refractivity contribution is 7.99. The molecule has 0 spiro atoms. The molecule has 1 aliphatic carbocycles. The molecule has 3 rings (SSSR count). The average molecular weight is 294 g/mol. The third kappa shape index (κ3) is 3.55. The highest BCUT2D eigenvalue weighted by atomic mass is 32.2. The number of anilines is 2. The van der Waals surface area contributed by atoms with Gasteiger partial charge in [0.2, 0.25) is 0 Å². The minimum atomic E-state index is -0.111. The van der Waals surface area contributed by atoms with Crippen LogP contribution in [0.5, 0.6) is 0 Å². The van der Waals surface area contributed by atoms with Crippen LogP contribution in [0.15, 0.2) is 12.4 Å². The van der Waals surface area contributed by atoms with Crippen LogP contribution in [0.2, 0.25) is 0 Å². The van der Waals surface area contributed by atoms with E-state index in [1.165, 1.54) is 11.5 Å². The Hall–Kier alpha value is -1.01. The fourth-order valence-corrected chi connectivity index (χ4v) is 3.72. The second-order valence-electron chi connectivity index (χ2n) is 5.51. The maximum atomic E-state index is 9.55. The third-order valence-corrected chi connectivity index (χ3v) is 4.98. The summed E-state index contributed by atoms with van der Waals surface area (Å²) in [5, 5.41) is 13.0. The molecule has 1 saturated heterocycles. The van der Waals surface area contributed by atoms with Gasteiger partial charge in [-0.2, -0.15) is 11.8 Å². The van der Waals surface area contributed by atoms with Crippen LogP contribution in [0.25, 0.3) is 0 Å². The van der Waals surface area contributed by atoms with Gasteiger partial charge in [0.25, 0.3) is 0 Å². The first kappa shape index (κ1) is 13.9. The van der Waals surface area contributed by atoms with Crippen LogP contribution < -0.4 is 10.2 Å². The second kappa shape index (κ2) is 6.63. The number of thioether (sulfide) groups is 1. The zero-order chi connectivity index (χ0) is 13.8. The number of hydrogen-bond donors (Lipinski definition) is 2. The van der Waals surface area contributed by atoms with Crippen molar-refractivity contribution in [2.75, 3.05) is 34.8 Å². The first-order valence-corrected chi connectivity index (χ1v) is 8.56. The number of aliphatic hydroxyl groups is 1. The SMILES string of the molecule is OC1CCC(Nc2cc(N3CCSCC3)ncn2)CC1. The first-order chi connectivity index (χ1) is 9.81. The van der Waals surface area contributed by atoms with Gasteiger partial charge in [-0.05, 0) is 25.7 Å². The third-order valence-electron chi connectivity index (χ3n) is 4.04. The van der Waals surface area contributed by atoms with E-state index < -0.39 is 0 Å². The molecule has 2 heterocycles. The molecule has 5 nitrogen and oxygen atoms in total. The summed E-state index contributed by atoms with van der Waals surface area (Å²) in [6.07, 6.45) is 5.34. The second-order valence-corrected chi connectivity index (χ2v) is 6.74. The van der Waals surface area contributed by atoms with Crippen molar-refractivity contribution in [3.8, 4) is 0 Å². The Balaban J connectivity index is 1.62. The largest absolute Gasteiger partial charge is 0.393 e. The van der Waals surface area contributed by atoms with Gasteiger partial charge >= 0.3 is 0 Å². The molecule has 1 aromatic heterocycles. The van der Waals surface area contributed by atoms with Crippen LogP contribution in [-0.4, -0.2) is 51.8 Å². The van der Waals surface area contributed by atoms with E-state index >= 15 is 0 Å². The van der Waals surface area contributed by atoms with E-state index in [-0.39, 0.29) is 6.10 Å². The fourth-order valence-electron chi connectivity index (χ4n) is 2.82. The summed E-state index contributed by atoms with van der Waals surface area (Å²) in [7, 11) is 0. The molecular formula is C14H22N4OS. The predicted octanol–water partition coefficient (Wildman–Crippen LogP) is 1.75. The monoisotopic (exact) mass is 294 g/mol. The number of rotatable bonds is 3. The molecule has 6 heteroatoms. The van der Waals surface area contributed by atoms with Crippen LogP contribution in [0.4, 0.5) is 11.6 Å². The van der Waals surface area contributed by atoms with E-state index in [4.69, 9.17) is 0 Å². The lowest BCUT2D eigenvalue weighted by atomic mass is 9.93. The summed E-state index contributed by atoms with van der Waals surface area (Å²) in [5.41, 5.74) is 0. The highest BCUT2D eigenvalue weighted by Crippen LogP contribution is 2.23. The number of nitrogens with one attached hydrogen (secondary N) is 1. The van der Waals surface area contributed by atoms with E-state index in [0.717, 1.165) is 50.4 Å². The molecule has 2 aliphatic rings. The maximum Gasteiger partial charge on any atom is 0.134 e. The van der Waals surface area contributed by atoms with Gasteiger partial charge in [-0.3, -0.25) is 0 Å². The number of aliphatic hydroxyl groups excluding tert-OH is 1. The predicted molar refractivity (Wildman–Crippen MR) is 83.5 cm³/mol. The molecule has 0 aromatic carbocycles. The van der Waals surface area contributed by atoms with Gasteiger partial charge < -0.3 is 15.3 Å². The van der Waals surface area contributed by atoms with Crippen molar-refractivity contribution in [1.82, 2.24) is 9.97 Å². The summed E-state index contributed by atoms with van der Waals surface area (Å²) >= 11 is 2.00. The summed E-state index contributed by atoms with van der Waals surface area (Å²) < 4.78 is 0. The first-order valence-electron chi connectivity index (χ1n) is 7.40. The van der Waals surface area contributed by atoms with Gasteiger partial charge in [-0.1, -0.05) is 0 Å². The quantitative estimate of drug-likeness (QED) is 0.885. The Morgan fingerprint density at radius 3 is 2.65 bits per heavy atom. The molecule has 0 radical (unpaired) electrons. The zero-order valence-corrected chi connectivity index (χ0v) is 12.5. The van der Waals surface area contributed by atoms with Gasteiger partial charge in [0.05, 0.1) is 6.10 Å². The van der Waals surface area contributed by atoms with Crippen LogP contribution in [-0.2, 0) is 0 Å². The maximum absolute atomic E-state index is 9.55. The number of nitrogens with zero attached hydrogens (tertiary/aromatic N) is 3. The van der Waals surface area contributed by atoms with E-state index in [1.54, 1.807) is 6.33 Å². The lowest BCUT2D eigenvalue weighted by molar-refractivity contribution is 0.126. The van der Waals surface area contributed by atoms with E-state index in [9.17, 15) is 5.11 Å². The van der Waals surface area contributed by atoms with Gasteiger partial charge in [0.15, 0.2) is 0 Å². The lowest BCUT2D eigenvalue weighted by Gasteiger charge is -2.29. The number of hydrogen-bond acceptors (Lipinski definition) is 6. The molecule has 1 saturated carbocycles. The van der Waals surface area contributed by atoms with Crippen molar-refractivity contribution in [2.45, 2.75) is 37.8 Å². The molecule has 1 aliphatic heterocycles. The summed E-state index contributed by atoms with van der Waals surface area (Å²) in [6.45, 7) is 2.13. The molecule has 2 fully saturated rings. The van der Waals surface area contributed by atoms with Crippen molar-refractivity contribution < 1.29 is 5.11 Å². The van der Waals surface area contributed by atoms with Crippen molar-refractivity contribution in [3.63, 3.8) is 0 Å². The minimum Gasteiger partial charge on any atom is -0.393 e. The van der Waals surface area contributed by atoms with Crippen molar-refractivity contribution in [3.05, 3.63) is 12.4 Å². The lowest BCUT2D eigenvalue weighted by Crippen LogP contribution is -2.33. The van der Waals surface area contributed by atoms with E-state index in [1.807, 2.05) is 11.8 Å². The topological polar surface area (TPSA) is 61.3 Å². The van der Waals surface area contributed by atoms with E-state index in [2.05, 4.69) is 26.3 Å². The molecular weight excluding hydrogens is 272 g/mol. The van der Waals surface area contributed by atoms with Crippen molar-refractivity contribution in [1.29, 1.82) is 0 Å². The van der Waals surface area contributed by atoms with Crippen molar-refractivity contribution >= 4 is 23.4 Å². The Morgan fingerprint density at radius 2 is 1.90 bits per heavy atom. The molecule has 0 unspecified atom stereocenters. The minimum absolute atomic E-state index is 0.111.